The Hall–Kier alpha value is -3.13. The topological polar surface area (TPSA) is 94.9 Å². The lowest BCUT2D eigenvalue weighted by Crippen LogP contribution is -2.63. The molecule has 8 heteroatoms. The van der Waals surface area contributed by atoms with E-state index in [9.17, 15) is 19.5 Å². The summed E-state index contributed by atoms with van der Waals surface area (Å²) in [5, 5.41) is 13.7. The minimum absolute atomic E-state index is 0.0160. The highest BCUT2D eigenvalue weighted by atomic mass is 16.4. The van der Waals surface area contributed by atoms with Crippen LogP contribution in [0.4, 0.5) is 0 Å². The van der Waals surface area contributed by atoms with Gasteiger partial charge in [-0.1, -0.05) is 72.7 Å². The maximum atomic E-state index is 14.1. The summed E-state index contributed by atoms with van der Waals surface area (Å²) in [4.78, 5) is 43.2. The third-order valence-electron chi connectivity index (χ3n) is 8.28. The molecule has 2 amide bonds. The van der Waals surface area contributed by atoms with Gasteiger partial charge in [0, 0.05) is 48.2 Å². The Labute approximate surface area is 233 Å². The highest BCUT2D eigenvalue weighted by molar-refractivity contribution is 5.94. The second-order valence-electron chi connectivity index (χ2n) is 13.1. The van der Waals surface area contributed by atoms with Gasteiger partial charge in [-0.2, -0.15) is 0 Å². The molecule has 3 atom stereocenters. The summed E-state index contributed by atoms with van der Waals surface area (Å²) in [5.74, 6) is -1.47. The van der Waals surface area contributed by atoms with Crippen LogP contribution in [0.2, 0.25) is 0 Å². The predicted octanol–water partition coefficient (Wildman–Crippen LogP) is 4.31. The summed E-state index contributed by atoms with van der Waals surface area (Å²) >= 11 is 0. The van der Waals surface area contributed by atoms with E-state index in [1.54, 1.807) is 18.0 Å². The zero-order chi connectivity index (χ0) is 29.6. The average Bonchev–Trinajstić information content (AvgIpc) is 3.11. The Bertz CT molecular complexity index is 1300. The Kier molecular flexibility index (Phi) is 8.42. The van der Waals surface area contributed by atoms with Crippen molar-refractivity contribution in [1.29, 1.82) is 0 Å². The number of fused-ring (bicyclic) bond motifs is 3. The lowest BCUT2D eigenvalue weighted by molar-refractivity contribution is -0.142. The lowest BCUT2D eigenvalue weighted by atomic mass is 9.72. The van der Waals surface area contributed by atoms with Crippen LogP contribution in [0.1, 0.15) is 66.6 Å². The number of hydrogen-bond donors (Lipinski definition) is 2. The number of aliphatic carboxylic acids is 1. The lowest BCUT2D eigenvalue weighted by Gasteiger charge is -2.45. The van der Waals surface area contributed by atoms with Crippen LogP contribution in [0.3, 0.4) is 0 Å². The fraction of sp³-hybridized carbons (Fsp3) is 0.581. The summed E-state index contributed by atoms with van der Waals surface area (Å²) in [7, 11) is 5.71. The first-order chi connectivity index (χ1) is 17.9. The molecule has 2 aromatic rings. The van der Waals surface area contributed by atoms with Crippen molar-refractivity contribution in [3.8, 4) is 0 Å². The number of aromatic nitrogens is 1. The van der Waals surface area contributed by atoms with E-state index >= 15 is 0 Å². The molecule has 1 aliphatic rings. The number of carboxylic acids is 1. The molecule has 0 aliphatic carbocycles. The highest BCUT2D eigenvalue weighted by Crippen LogP contribution is 2.43. The van der Waals surface area contributed by atoms with Gasteiger partial charge in [0.05, 0.1) is 12.1 Å². The minimum Gasteiger partial charge on any atom is -0.478 e. The molecule has 8 nitrogen and oxygen atoms in total. The molecule has 0 radical (unpaired) electrons. The first-order valence-corrected chi connectivity index (χ1v) is 13.7. The van der Waals surface area contributed by atoms with Crippen molar-refractivity contribution in [3.63, 3.8) is 0 Å². The number of amides is 2. The maximum absolute atomic E-state index is 14.1. The standard InChI is InChI=1S/C31H46N4O4/c1-18(2)22(16-19(3)29(38)39)35(11)28(37)25(30(4,5)6)32-27(36)26-31(7,8)24-20-14-12-13-15-21(20)34(10)23(24)17-33(26)9/h12-16,18,22,25-26H,17H2,1-11H3,(H,32,36)(H,38,39)/t22-,25-,26?/m1/s1. The third kappa shape index (κ3) is 5.62. The Morgan fingerprint density at radius 1 is 1.15 bits per heavy atom. The minimum atomic E-state index is -1.02. The molecule has 2 N–H and O–H groups in total. The number of hydrogen-bond acceptors (Lipinski definition) is 4. The zero-order valence-electron chi connectivity index (χ0n) is 25.4. The number of rotatable bonds is 7. The molecule has 39 heavy (non-hydrogen) atoms. The van der Waals surface area contributed by atoms with Gasteiger partial charge in [-0.15, -0.1) is 0 Å². The fourth-order valence-corrected chi connectivity index (χ4v) is 6.19. The molecule has 0 saturated heterocycles. The van der Waals surface area contributed by atoms with E-state index in [4.69, 9.17) is 0 Å². The van der Waals surface area contributed by atoms with E-state index in [0.717, 1.165) is 10.9 Å². The molecular weight excluding hydrogens is 492 g/mol. The van der Waals surface area contributed by atoms with Crippen LogP contribution >= 0.6 is 0 Å². The van der Waals surface area contributed by atoms with E-state index in [2.05, 4.69) is 47.8 Å². The molecule has 0 spiro atoms. The fourth-order valence-electron chi connectivity index (χ4n) is 6.19. The second-order valence-corrected chi connectivity index (χ2v) is 13.1. The van der Waals surface area contributed by atoms with Crippen molar-refractivity contribution in [2.45, 2.75) is 85.5 Å². The number of likely N-dealkylation sites (N-methyl/N-ethyl adjacent to an activating group) is 2. The molecule has 214 valence electrons. The van der Waals surface area contributed by atoms with E-state index in [1.807, 2.05) is 53.8 Å². The largest absolute Gasteiger partial charge is 0.478 e. The summed E-state index contributed by atoms with van der Waals surface area (Å²) in [6, 6.07) is 6.56. The van der Waals surface area contributed by atoms with Crippen LogP contribution in [0.15, 0.2) is 35.9 Å². The number of nitrogens with zero attached hydrogens (tertiary/aromatic N) is 3. The molecule has 1 aliphatic heterocycles. The van der Waals surface area contributed by atoms with Gasteiger partial charge in [-0.3, -0.25) is 14.5 Å². The number of para-hydroxylation sites is 1. The third-order valence-corrected chi connectivity index (χ3v) is 8.28. The van der Waals surface area contributed by atoms with E-state index < -0.39 is 34.9 Å². The molecule has 0 bridgehead atoms. The predicted molar refractivity (Wildman–Crippen MR) is 155 cm³/mol. The van der Waals surface area contributed by atoms with E-state index in [1.165, 1.54) is 18.2 Å². The van der Waals surface area contributed by atoms with Gasteiger partial charge in [0.2, 0.25) is 11.8 Å². The maximum Gasteiger partial charge on any atom is 0.331 e. The van der Waals surface area contributed by atoms with Crippen molar-refractivity contribution in [2.24, 2.45) is 18.4 Å². The molecule has 3 rings (SSSR count). The van der Waals surface area contributed by atoms with Gasteiger partial charge >= 0.3 is 5.97 Å². The number of carbonyl (C=O) groups excluding carboxylic acids is 2. The SMILES string of the molecule is CC(=C[C@H](C(C)C)N(C)C(=O)[C@@H](NC(=O)C1N(C)Cc2c(c3ccccc3n2C)C1(C)C)C(C)(C)C)C(=O)O. The van der Waals surface area contributed by atoms with E-state index in [0.29, 0.717) is 6.54 Å². The molecule has 1 aromatic heterocycles. The quantitative estimate of drug-likeness (QED) is 0.512. The summed E-state index contributed by atoms with van der Waals surface area (Å²) < 4.78 is 2.21. The summed E-state index contributed by atoms with van der Waals surface area (Å²) in [6.45, 7) is 16.1. The van der Waals surface area contributed by atoms with Crippen LogP contribution in [0.5, 0.6) is 0 Å². The number of carbonyl (C=O) groups is 3. The first-order valence-electron chi connectivity index (χ1n) is 13.7. The van der Waals surface area contributed by atoms with Crippen LogP contribution in [-0.2, 0) is 33.4 Å². The van der Waals surface area contributed by atoms with Crippen LogP contribution in [-0.4, -0.2) is 69.5 Å². The van der Waals surface area contributed by atoms with Gasteiger partial charge in [0.1, 0.15) is 6.04 Å². The van der Waals surface area contributed by atoms with Crippen LogP contribution < -0.4 is 5.32 Å². The average molecular weight is 539 g/mol. The highest BCUT2D eigenvalue weighted by Gasteiger charge is 2.48. The molecule has 0 saturated carbocycles. The molecule has 2 heterocycles. The van der Waals surface area contributed by atoms with Crippen LogP contribution in [0, 0.1) is 11.3 Å². The Morgan fingerprint density at radius 2 is 1.74 bits per heavy atom. The van der Waals surface area contributed by atoms with Crippen molar-refractivity contribution in [2.75, 3.05) is 14.1 Å². The number of aryl methyl sites for hydroxylation is 1. The Balaban J connectivity index is 1.98. The van der Waals surface area contributed by atoms with Crippen LogP contribution in [0.25, 0.3) is 10.9 Å². The molecule has 1 unspecified atom stereocenters. The number of benzene rings is 1. The Morgan fingerprint density at radius 3 is 2.28 bits per heavy atom. The zero-order valence-corrected chi connectivity index (χ0v) is 25.4. The number of nitrogens with one attached hydrogen (secondary N) is 1. The van der Waals surface area contributed by atoms with E-state index in [-0.39, 0.29) is 23.3 Å². The van der Waals surface area contributed by atoms with Crippen molar-refractivity contribution in [1.82, 2.24) is 19.7 Å². The number of carboxylic acid groups (broad SMARTS) is 1. The van der Waals surface area contributed by atoms with Gasteiger partial charge in [0.25, 0.3) is 0 Å². The van der Waals surface area contributed by atoms with Crippen molar-refractivity contribution < 1.29 is 19.5 Å². The first kappa shape index (κ1) is 30.4. The van der Waals surface area contributed by atoms with Crippen molar-refractivity contribution >= 4 is 28.7 Å². The van der Waals surface area contributed by atoms with Gasteiger partial charge in [-0.25, -0.2) is 4.79 Å². The molecule has 0 fully saturated rings. The smallest absolute Gasteiger partial charge is 0.331 e. The molecule has 1 aromatic carbocycles. The monoisotopic (exact) mass is 538 g/mol. The summed E-state index contributed by atoms with van der Waals surface area (Å²) in [5.41, 5.74) is 2.59. The van der Waals surface area contributed by atoms with Gasteiger partial charge in [0.15, 0.2) is 0 Å². The van der Waals surface area contributed by atoms with Crippen molar-refractivity contribution in [3.05, 3.63) is 47.2 Å². The van der Waals surface area contributed by atoms with Gasteiger partial charge < -0.3 is 19.9 Å². The summed E-state index contributed by atoms with van der Waals surface area (Å²) in [6.07, 6.45) is 1.62. The normalized spacial score (nSPS) is 19.5. The second kappa shape index (κ2) is 10.8. The molecular formula is C31H46N4O4. The van der Waals surface area contributed by atoms with Gasteiger partial charge in [-0.05, 0) is 36.9 Å².